The molecular formula is C12H16BrN3OS. The number of nitrogens with zero attached hydrogens (tertiary/aromatic N) is 1. The Morgan fingerprint density at radius 3 is 2.61 bits per heavy atom. The lowest BCUT2D eigenvalue weighted by atomic mass is 10.1. The third-order valence-electron chi connectivity index (χ3n) is 2.44. The van der Waals surface area contributed by atoms with E-state index < -0.39 is 0 Å². The molecule has 1 unspecified atom stereocenters. The van der Waals surface area contributed by atoms with Crippen LogP contribution >= 0.6 is 28.1 Å². The molecule has 1 aromatic rings. The van der Waals surface area contributed by atoms with Gasteiger partial charge >= 0.3 is 0 Å². The molecule has 1 rings (SSSR count). The second-order valence-corrected chi connectivity index (χ2v) is 5.42. The fourth-order valence-corrected chi connectivity index (χ4v) is 2.51. The van der Waals surface area contributed by atoms with Crippen LogP contribution in [0.5, 0.6) is 0 Å². The summed E-state index contributed by atoms with van der Waals surface area (Å²) in [7, 11) is 3.44. The van der Waals surface area contributed by atoms with Crippen molar-refractivity contribution >= 4 is 44.7 Å². The molecule has 6 heteroatoms. The van der Waals surface area contributed by atoms with Gasteiger partial charge in [-0.2, -0.15) is 0 Å². The van der Waals surface area contributed by atoms with Crippen LogP contribution in [0, 0.1) is 0 Å². The summed E-state index contributed by atoms with van der Waals surface area (Å²) >= 11 is 8.42. The molecular weight excluding hydrogens is 314 g/mol. The number of rotatable bonds is 4. The third-order valence-corrected chi connectivity index (χ3v) is 3.31. The Labute approximate surface area is 121 Å². The van der Waals surface area contributed by atoms with Crippen molar-refractivity contribution in [2.75, 3.05) is 19.4 Å². The number of nitrogens with two attached hydrogens (primary N) is 1. The Morgan fingerprint density at radius 2 is 2.11 bits per heavy atom. The van der Waals surface area contributed by atoms with Crippen LogP contribution in [0.2, 0.25) is 0 Å². The molecule has 0 bridgehead atoms. The van der Waals surface area contributed by atoms with Gasteiger partial charge in [0.25, 0.3) is 0 Å². The number of thiocarbonyl (C=S) groups is 1. The summed E-state index contributed by atoms with van der Waals surface area (Å²) in [5, 5.41) is 3.13. The number of halogens is 1. The first kappa shape index (κ1) is 14.9. The second kappa shape index (κ2) is 6.15. The summed E-state index contributed by atoms with van der Waals surface area (Å²) in [6, 6.07) is 5.22. The molecule has 0 aliphatic rings. The number of benzene rings is 1. The average molecular weight is 330 g/mol. The molecule has 0 saturated heterocycles. The van der Waals surface area contributed by atoms with Gasteiger partial charge in [-0.05, 0) is 35.0 Å². The van der Waals surface area contributed by atoms with Crippen molar-refractivity contribution in [3.05, 3.63) is 28.2 Å². The van der Waals surface area contributed by atoms with Gasteiger partial charge in [-0.1, -0.05) is 18.3 Å². The van der Waals surface area contributed by atoms with Gasteiger partial charge < -0.3 is 16.0 Å². The van der Waals surface area contributed by atoms with Gasteiger partial charge in [-0.3, -0.25) is 4.79 Å². The monoisotopic (exact) mass is 329 g/mol. The molecule has 0 spiro atoms. The van der Waals surface area contributed by atoms with Crippen LogP contribution in [-0.2, 0) is 4.79 Å². The van der Waals surface area contributed by atoms with E-state index in [1.165, 1.54) is 4.90 Å². The van der Waals surface area contributed by atoms with E-state index >= 15 is 0 Å². The summed E-state index contributed by atoms with van der Waals surface area (Å²) < 4.78 is 0.810. The minimum Gasteiger partial charge on any atom is -0.389 e. The van der Waals surface area contributed by atoms with E-state index in [4.69, 9.17) is 18.0 Å². The predicted octanol–water partition coefficient (Wildman–Crippen LogP) is 1.97. The zero-order chi connectivity index (χ0) is 13.9. The molecule has 1 aromatic carbocycles. The van der Waals surface area contributed by atoms with Crippen LogP contribution in [0.15, 0.2) is 22.7 Å². The second-order valence-electron chi connectivity index (χ2n) is 4.13. The Hall–Kier alpha value is -1.14. The molecule has 98 valence electrons. The maximum atomic E-state index is 11.8. The topological polar surface area (TPSA) is 58.4 Å². The number of nitrogens with one attached hydrogen (secondary N) is 1. The molecule has 0 aromatic heterocycles. The lowest BCUT2D eigenvalue weighted by Gasteiger charge is -2.21. The minimum atomic E-state index is -0.345. The zero-order valence-electron chi connectivity index (χ0n) is 10.5. The van der Waals surface area contributed by atoms with Crippen LogP contribution in [0.25, 0.3) is 0 Å². The summed E-state index contributed by atoms with van der Waals surface area (Å²) in [5.74, 6) is -0.0103. The maximum Gasteiger partial charge on any atom is 0.244 e. The molecule has 3 N–H and O–H groups in total. The summed E-state index contributed by atoms with van der Waals surface area (Å²) in [4.78, 5) is 13.6. The third kappa shape index (κ3) is 3.43. The largest absolute Gasteiger partial charge is 0.389 e. The van der Waals surface area contributed by atoms with Crippen LogP contribution < -0.4 is 11.1 Å². The van der Waals surface area contributed by atoms with Crippen molar-refractivity contribution in [1.82, 2.24) is 4.90 Å². The number of carbonyl (C=O) groups is 1. The lowest BCUT2D eigenvalue weighted by molar-refractivity contribution is -0.129. The maximum absolute atomic E-state index is 11.8. The summed E-state index contributed by atoms with van der Waals surface area (Å²) in [5.41, 5.74) is 7.16. The van der Waals surface area contributed by atoms with Gasteiger partial charge in [-0.15, -0.1) is 0 Å². The molecule has 0 aliphatic heterocycles. The molecule has 0 aliphatic carbocycles. The lowest BCUT2D eigenvalue weighted by Crippen LogP contribution is -2.37. The Morgan fingerprint density at radius 1 is 1.50 bits per heavy atom. The molecule has 0 radical (unpaired) electrons. The van der Waals surface area contributed by atoms with Crippen LogP contribution in [0.3, 0.4) is 0 Å². The number of hydrogen-bond donors (Lipinski definition) is 2. The molecule has 0 heterocycles. The van der Waals surface area contributed by atoms with Crippen LogP contribution in [-0.4, -0.2) is 35.9 Å². The number of likely N-dealkylation sites (N-methyl/N-ethyl adjacent to an activating group) is 1. The summed E-state index contributed by atoms with van der Waals surface area (Å²) in [6.45, 7) is 1.80. The highest BCUT2D eigenvalue weighted by atomic mass is 79.9. The zero-order valence-corrected chi connectivity index (χ0v) is 12.9. The van der Waals surface area contributed by atoms with Crippen molar-refractivity contribution in [2.24, 2.45) is 5.73 Å². The molecule has 1 atom stereocenters. The van der Waals surface area contributed by atoms with Gasteiger partial charge in [0.1, 0.15) is 11.0 Å². The Kier molecular flexibility index (Phi) is 5.10. The number of carbonyl (C=O) groups excluding carboxylic acids is 1. The van der Waals surface area contributed by atoms with Crippen molar-refractivity contribution in [3.8, 4) is 0 Å². The van der Waals surface area contributed by atoms with E-state index in [1.807, 2.05) is 18.2 Å². The van der Waals surface area contributed by atoms with E-state index in [9.17, 15) is 4.79 Å². The Balaban J connectivity index is 3.01. The fourth-order valence-electron chi connectivity index (χ4n) is 1.58. The standard InChI is InChI=1S/C12H16BrN3OS/c1-7(12(17)16(2)3)15-9-6-4-5-8(13)10(9)11(14)18/h4-7,15H,1-3H3,(H2,14,18). The van der Waals surface area contributed by atoms with Crippen molar-refractivity contribution in [3.63, 3.8) is 0 Å². The highest BCUT2D eigenvalue weighted by molar-refractivity contribution is 9.10. The van der Waals surface area contributed by atoms with Crippen LogP contribution in [0.1, 0.15) is 12.5 Å². The molecule has 4 nitrogen and oxygen atoms in total. The smallest absolute Gasteiger partial charge is 0.244 e. The predicted molar refractivity (Wildman–Crippen MR) is 81.8 cm³/mol. The fraction of sp³-hybridized carbons (Fsp3) is 0.333. The highest BCUT2D eigenvalue weighted by Gasteiger charge is 2.17. The first-order chi connectivity index (χ1) is 8.34. The molecule has 0 saturated carbocycles. The van der Waals surface area contributed by atoms with E-state index in [1.54, 1.807) is 21.0 Å². The number of amides is 1. The molecule has 0 fully saturated rings. The highest BCUT2D eigenvalue weighted by Crippen LogP contribution is 2.25. The first-order valence-electron chi connectivity index (χ1n) is 5.40. The van der Waals surface area contributed by atoms with Gasteiger partial charge in [0.15, 0.2) is 0 Å². The SMILES string of the molecule is CC(Nc1cccc(Br)c1C(N)=S)C(=O)N(C)C. The first-order valence-corrected chi connectivity index (χ1v) is 6.60. The van der Waals surface area contributed by atoms with Gasteiger partial charge in [0.05, 0.1) is 0 Å². The minimum absolute atomic E-state index is 0.0103. The average Bonchev–Trinajstić information content (AvgIpc) is 2.27. The van der Waals surface area contributed by atoms with E-state index in [-0.39, 0.29) is 16.9 Å². The summed E-state index contributed by atoms with van der Waals surface area (Å²) in [6.07, 6.45) is 0. The quantitative estimate of drug-likeness (QED) is 0.829. The van der Waals surface area contributed by atoms with Gasteiger partial charge in [0.2, 0.25) is 5.91 Å². The van der Waals surface area contributed by atoms with Crippen molar-refractivity contribution in [2.45, 2.75) is 13.0 Å². The van der Waals surface area contributed by atoms with Gasteiger partial charge in [-0.25, -0.2) is 0 Å². The number of hydrogen-bond acceptors (Lipinski definition) is 3. The normalized spacial score (nSPS) is 11.8. The van der Waals surface area contributed by atoms with Crippen LogP contribution in [0.4, 0.5) is 5.69 Å². The number of anilines is 1. The Bertz CT molecular complexity index is 476. The van der Waals surface area contributed by atoms with Gasteiger partial charge in [0, 0.05) is 29.8 Å². The van der Waals surface area contributed by atoms with E-state index in [2.05, 4.69) is 21.2 Å². The van der Waals surface area contributed by atoms with Crippen molar-refractivity contribution < 1.29 is 4.79 Å². The van der Waals surface area contributed by atoms with E-state index in [0.717, 1.165) is 10.2 Å². The van der Waals surface area contributed by atoms with E-state index in [0.29, 0.717) is 5.56 Å². The molecule has 18 heavy (non-hydrogen) atoms. The van der Waals surface area contributed by atoms with Crippen molar-refractivity contribution in [1.29, 1.82) is 0 Å². The molecule has 1 amide bonds.